The number of aliphatic carboxylic acids is 1. The van der Waals surface area contributed by atoms with Crippen LogP contribution >= 0.6 is 0 Å². The molecule has 0 saturated carbocycles. The number of nitrogens with zero attached hydrogens (tertiary/aromatic N) is 1. The number of benzene rings is 1. The molecule has 1 aromatic carbocycles. The molecule has 1 unspecified atom stereocenters. The van der Waals surface area contributed by atoms with E-state index in [4.69, 9.17) is 9.84 Å². The summed E-state index contributed by atoms with van der Waals surface area (Å²) >= 11 is 0. The van der Waals surface area contributed by atoms with Crippen LogP contribution in [0.5, 0.6) is 5.75 Å². The van der Waals surface area contributed by atoms with Gasteiger partial charge in [0, 0.05) is 13.1 Å². The summed E-state index contributed by atoms with van der Waals surface area (Å²) in [4.78, 5) is 13.3. The van der Waals surface area contributed by atoms with E-state index in [1.165, 1.54) is 5.56 Å². The molecule has 1 fully saturated rings. The second kappa shape index (κ2) is 5.61. The van der Waals surface area contributed by atoms with Crippen molar-refractivity contribution in [3.8, 4) is 5.75 Å². The first-order chi connectivity index (χ1) is 8.99. The summed E-state index contributed by atoms with van der Waals surface area (Å²) in [7, 11) is 0. The number of carboxylic acids is 1. The molecule has 1 heterocycles. The van der Waals surface area contributed by atoms with Gasteiger partial charge in [-0.15, -0.1) is 0 Å². The number of aryl methyl sites for hydroxylation is 1. The largest absolute Gasteiger partial charge is 0.492 e. The van der Waals surface area contributed by atoms with Crippen molar-refractivity contribution in [3.63, 3.8) is 0 Å². The average molecular weight is 263 g/mol. The van der Waals surface area contributed by atoms with Gasteiger partial charge >= 0.3 is 5.97 Å². The molecule has 4 heteroatoms. The maximum absolute atomic E-state index is 11.1. The summed E-state index contributed by atoms with van der Waals surface area (Å²) in [5.41, 5.74) is 0.619. The molecule has 19 heavy (non-hydrogen) atoms. The second-order valence-electron chi connectivity index (χ2n) is 5.55. The molecule has 1 aromatic rings. The minimum absolute atomic E-state index is 0.593. The van der Waals surface area contributed by atoms with Crippen LogP contribution in [0.25, 0.3) is 0 Å². The third-order valence-electron chi connectivity index (χ3n) is 3.77. The molecule has 0 radical (unpaired) electrons. The molecule has 0 amide bonds. The molecule has 2 rings (SSSR count). The molecule has 1 aliphatic heterocycles. The van der Waals surface area contributed by atoms with Gasteiger partial charge in [0.2, 0.25) is 0 Å². The Morgan fingerprint density at radius 2 is 2.11 bits per heavy atom. The molecular weight excluding hydrogens is 242 g/mol. The number of likely N-dealkylation sites (tertiary alicyclic amines) is 1. The fraction of sp³-hybridized carbons (Fsp3) is 0.533. The first-order valence-electron chi connectivity index (χ1n) is 6.65. The van der Waals surface area contributed by atoms with Gasteiger partial charge in [0.15, 0.2) is 0 Å². The van der Waals surface area contributed by atoms with Gasteiger partial charge in [-0.3, -0.25) is 9.69 Å². The molecule has 1 atom stereocenters. The van der Waals surface area contributed by atoms with Gasteiger partial charge in [0.05, 0.1) is 5.41 Å². The zero-order valence-corrected chi connectivity index (χ0v) is 11.6. The number of ether oxygens (including phenoxy) is 1. The average Bonchev–Trinajstić information content (AvgIpc) is 2.75. The smallest absolute Gasteiger partial charge is 0.310 e. The normalized spacial score (nSPS) is 23.5. The van der Waals surface area contributed by atoms with E-state index in [9.17, 15) is 4.79 Å². The molecule has 1 N–H and O–H groups in total. The van der Waals surface area contributed by atoms with E-state index in [0.717, 1.165) is 18.8 Å². The highest BCUT2D eigenvalue weighted by atomic mass is 16.5. The van der Waals surface area contributed by atoms with Gasteiger partial charge in [-0.25, -0.2) is 0 Å². The van der Waals surface area contributed by atoms with Crippen LogP contribution in [0.15, 0.2) is 24.3 Å². The summed E-state index contributed by atoms with van der Waals surface area (Å²) in [6.07, 6.45) is 0.715. The van der Waals surface area contributed by atoms with Gasteiger partial charge in [0.1, 0.15) is 12.4 Å². The van der Waals surface area contributed by atoms with Gasteiger partial charge in [-0.1, -0.05) is 17.7 Å². The van der Waals surface area contributed by atoms with E-state index in [0.29, 0.717) is 19.6 Å². The summed E-state index contributed by atoms with van der Waals surface area (Å²) in [6, 6.07) is 7.96. The molecular formula is C15H21NO3. The van der Waals surface area contributed by atoms with Crippen molar-refractivity contribution in [1.82, 2.24) is 4.90 Å². The number of carboxylic acid groups (broad SMARTS) is 1. The summed E-state index contributed by atoms with van der Waals surface area (Å²) < 4.78 is 5.66. The van der Waals surface area contributed by atoms with E-state index >= 15 is 0 Å². The highest BCUT2D eigenvalue weighted by Crippen LogP contribution is 2.29. The standard InChI is InChI=1S/C15H21NO3/c1-12-3-5-13(6-4-12)19-10-9-16-8-7-15(2,11-16)14(17)18/h3-6H,7-11H2,1-2H3,(H,17,18). The fourth-order valence-electron chi connectivity index (χ4n) is 2.35. The summed E-state index contributed by atoms with van der Waals surface area (Å²) in [6.45, 7) is 6.67. The Morgan fingerprint density at radius 3 is 2.68 bits per heavy atom. The Hall–Kier alpha value is -1.55. The van der Waals surface area contributed by atoms with Crippen molar-refractivity contribution in [1.29, 1.82) is 0 Å². The Balaban J connectivity index is 1.75. The molecule has 0 spiro atoms. The predicted octanol–water partition coefficient (Wildman–Crippen LogP) is 2.17. The van der Waals surface area contributed by atoms with Crippen LogP contribution in [0.3, 0.4) is 0 Å². The minimum Gasteiger partial charge on any atom is -0.492 e. The van der Waals surface area contributed by atoms with Crippen LogP contribution < -0.4 is 4.74 Å². The fourth-order valence-corrected chi connectivity index (χ4v) is 2.35. The lowest BCUT2D eigenvalue weighted by Gasteiger charge is -2.20. The Labute approximate surface area is 114 Å². The van der Waals surface area contributed by atoms with Crippen LogP contribution in [0.1, 0.15) is 18.9 Å². The van der Waals surface area contributed by atoms with Crippen molar-refractivity contribution in [2.24, 2.45) is 5.41 Å². The van der Waals surface area contributed by atoms with Crippen molar-refractivity contribution < 1.29 is 14.6 Å². The highest BCUT2D eigenvalue weighted by molar-refractivity contribution is 5.74. The van der Waals surface area contributed by atoms with Crippen LogP contribution in [0.4, 0.5) is 0 Å². The van der Waals surface area contributed by atoms with Crippen molar-refractivity contribution in [3.05, 3.63) is 29.8 Å². The number of carbonyl (C=O) groups is 1. The molecule has 104 valence electrons. The Bertz CT molecular complexity index is 443. The Morgan fingerprint density at radius 1 is 1.42 bits per heavy atom. The van der Waals surface area contributed by atoms with E-state index < -0.39 is 11.4 Å². The summed E-state index contributed by atoms with van der Waals surface area (Å²) in [5, 5.41) is 9.16. The van der Waals surface area contributed by atoms with Crippen LogP contribution in [0.2, 0.25) is 0 Å². The van der Waals surface area contributed by atoms with E-state index in [2.05, 4.69) is 4.90 Å². The first kappa shape index (κ1) is 13.9. The maximum Gasteiger partial charge on any atom is 0.310 e. The molecule has 0 bridgehead atoms. The topological polar surface area (TPSA) is 49.8 Å². The quantitative estimate of drug-likeness (QED) is 0.884. The van der Waals surface area contributed by atoms with Gasteiger partial charge < -0.3 is 9.84 Å². The molecule has 0 aromatic heterocycles. The summed E-state index contributed by atoms with van der Waals surface area (Å²) in [5.74, 6) is 0.167. The van der Waals surface area contributed by atoms with Crippen LogP contribution in [-0.2, 0) is 4.79 Å². The molecule has 1 aliphatic rings. The lowest BCUT2D eigenvalue weighted by molar-refractivity contribution is -0.147. The van der Waals surface area contributed by atoms with Gasteiger partial charge in [-0.2, -0.15) is 0 Å². The van der Waals surface area contributed by atoms with E-state index in [1.54, 1.807) is 0 Å². The van der Waals surface area contributed by atoms with Crippen LogP contribution in [-0.4, -0.2) is 42.2 Å². The first-order valence-corrected chi connectivity index (χ1v) is 6.65. The zero-order valence-electron chi connectivity index (χ0n) is 11.6. The highest BCUT2D eigenvalue weighted by Gasteiger charge is 2.40. The number of rotatable bonds is 5. The Kier molecular flexibility index (Phi) is 4.10. The molecule has 4 nitrogen and oxygen atoms in total. The molecule has 1 saturated heterocycles. The third kappa shape index (κ3) is 3.47. The lowest BCUT2D eigenvalue weighted by Crippen LogP contribution is -2.33. The number of hydrogen-bond donors (Lipinski definition) is 1. The van der Waals surface area contributed by atoms with Crippen molar-refractivity contribution in [2.75, 3.05) is 26.2 Å². The van der Waals surface area contributed by atoms with E-state index in [1.807, 2.05) is 38.1 Å². The lowest BCUT2D eigenvalue weighted by atomic mass is 9.90. The van der Waals surface area contributed by atoms with Crippen molar-refractivity contribution in [2.45, 2.75) is 20.3 Å². The van der Waals surface area contributed by atoms with Gasteiger partial charge in [0.25, 0.3) is 0 Å². The maximum atomic E-state index is 11.1. The van der Waals surface area contributed by atoms with Gasteiger partial charge in [-0.05, 0) is 38.9 Å². The predicted molar refractivity (Wildman–Crippen MR) is 73.5 cm³/mol. The minimum atomic E-state index is -0.700. The monoisotopic (exact) mass is 263 g/mol. The van der Waals surface area contributed by atoms with Crippen molar-refractivity contribution >= 4 is 5.97 Å². The number of hydrogen-bond acceptors (Lipinski definition) is 3. The van der Waals surface area contributed by atoms with Crippen LogP contribution in [0, 0.1) is 12.3 Å². The second-order valence-corrected chi connectivity index (χ2v) is 5.55. The SMILES string of the molecule is Cc1ccc(OCCN2CCC(C)(C(=O)O)C2)cc1. The van der Waals surface area contributed by atoms with E-state index in [-0.39, 0.29) is 0 Å². The third-order valence-corrected chi connectivity index (χ3v) is 3.77. The molecule has 0 aliphatic carbocycles. The zero-order chi connectivity index (χ0) is 13.9.